The fourth-order valence-electron chi connectivity index (χ4n) is 3.13. The number of ketones is 1. The Kier molecular flexibility index (Phi) is 3.23. The number of Topliss-reactive ketones (excluding diaryl/α,β-unsaturated/α-hetero) is 1. The topological polar surface area (TPSA) is 34.1 Å². The number of carbonyl (C=O) groups excluding carboxylic acids is 2. The van der Waals surface area contributed by atoms with Gasteiger partial charge in [-0.3, -0.25) is 9.59 Å². The van der Waals surface area contributed by atoms with E-state index in [1.165, 1.54) is 0 Å². The zero-order chi connectivity index (χ0) is 14.1. The molecule has 0 aromatic heterocycles. The van der Waals surface area contributed by atoms with Crippen LogP contribution in [-0.2, 0) is 0 Å². The Hall–Kier alpha value is -2.22. The van der Waals surface area contributed by atoms with Crippen LogP contribution in [0.4, 0.5) is 0 Å². The Bertz CT molecular complexity index is 673. The van der Waals surface area contributed by atoms with E-state index in [0.29, 0.717) is 11.5 Å². The zero-order valence-corrected chi connectivity index (χ0v) is 11.4. The van der Waals surface area contributed by atoms with Crippen LogP contribution in [0.5, 0.6) is 0 Å². The third-order valence-corrected chi connectivity index (χ3v) is 4.16. The van der Waals surface area contributed by atoms with E-state index in [0.717, 1.165) is 29.4 Å². The first-order valence-corrected chi connectivity index (χ1v) is 6.89. The maximum Gasteiger partial charge on any atom is 0.170 e. The third kappa shape index (κ3) is 1.97. The number of carbonyl (C=O) groups is 2. The summed E-state index contributed by atoms with van der Waals surface area (Å²) < 4.78 is 0. The smallest absolute Gasteiger partial charge is 0.170 e. The summed E-state index contributed by atoms with van der Waals surface area (Å²) in [6.07, 6.45) is 1.61. The van der Waals surface area contributed by atoms with Crippen molar-refractivity contribution in [3.05, 3.63) is 70.8 Å². The Morgan fingerprint density at radius 1 is 1.00 bits per heavy atom. The molecule has 0 saturated carbocycles. The first kappa shape index (κ1) is 12.8. The van der Waals surface area contributed by atoms with Crippen molar-refractivity contribution in [2.75, 3.05) is 0 Å². The highest BCUT2D eigenvalue weighted by atomic mass is 16.1. The Balaban J connectivity index is 2.09. The van der Waals surface area contributed by atoms with E-state index >= 15 is 0 Å². The van der Waals surface area contributed by atoms with Crippen molar-refractivity contribution >= 4 is 12.1 Å². The van der Waals surface area contributed by atoms with E-state index in [2.05, 4.69) is 6.92 Å². The van der Waals surface area contributed by atoms with Crippen LogP contribution < -0.4 is 0 Å². The van der Waals surface area contributed by atoms with Gasteiger partial charge in [-0.1, -0.05) is 55.5 Å². The molecule has 0 aliphatic heterocycles. The molecule has 0 bridgehead atoms. The molecule has 2 nitrogen and oxygen atoms in total. The van der Waals surface area contributed by atoms with Gasteiger partial charge in [-0.2, -0.15) is 0 Å². The molecule has 0 unspecified atom stereocenters. The lowest BCUT2D eigenvalue weighted by atomic mass is 9.73. The molecule has 2 heteroatoms. The van der Waals surface area contributed by atoms with Crippen molar-refractivity contribution in [1.82, 2.24) is 0 Å². The van der Waals surface area contributed by atoms with Gasteiger partial charge in [0.15, 0.2) is 5.78 Å². The molecule has 0 heterocycles. The fraction of sp³-hybridized carbons (Fsp3) is 0.222. The normalized spacial score (nSPS) is 21.4. The molecule has 0 amide bonds. The molecule has 2 aromatic carbocycles. The largest absolute Gasteiger partial charge is 0.298 e. The minimum atomic E-state index is -0.207. The second-order valence-corrected chi connectivity index (χ2v) is 5.39. The summed E-state index contributed by atoms with van der Waals surface area (Å²) in [5.74, 6) is 0.253. The molecule has 0 saturated heterocycles. The predicted octanol–water partition coefficient (Wildman–Crippen LogP) is 3.97. The minimum Gasteiger partial charge on any atom is -0.298 e. The average Bonchev–Trinajstić information content (AvgIpc) is 2.51. The molecule has 1 aliphatic carbocycles. The molecule has 2 aromatic rings. The van der Waals surface area contributed by atoms with Crippen molar-refractivity contribution in [2.45, 2.75) is 25.2 Å². The van der Waals surface area contributed by atoms with Gasteiger partial charge in [-0.05, 0) is 23.5 Å². The summed E-state index contributed by atoms with van der Waals surface area (Å²) in [7, 11) is 0. The van der Waals surface area contributed by atoms with E-state index in [1.807, 2.05) is 42.5 Å². The highest BCUT2D eigenvalue weighted by molar-refractivity contribution is 6.04. The summed E-state index contributed by atoms with van der Waals surface area (Å²) in [6, 6.07) is 15.2. The number of aldehydes is 1. The molecule has 0 radical (unpaired) electrons. The molecule has 20 heavy (non-hydrogen) atoms. The van der Waals surface area contributed by atoms with Gasteiger partial charge in [0.25, 0.3) is 0 Å². The second kappa shape index (κ2) is 5.04. The van der Waals surface area contributed by atoms with Gasteiger partial charge in [-0.25, -0.2) is 0 Å². The Morgan fingerprint density at radius 3 is 2.40 bits per heavy atom. The highest BCUT2D eigenvalue weighted by Gasteiger charge is 2.33. The first-order chi connectivity index (χ1) is 9.72. The SMILES string of the molecule is C[C@@H]1C[C@@H](c2ccccc2C=O)C(=O)c2ccccc21. The summed E-state index contributed by atoms with van der Waals surface area (Å²) in [4.78, 5) is 23.9. The standard InChI is InChI=1S/C18H16O2/c1-12-10-17(15-8-3-2-6-13(15)11-19)18(20)16-9-5-4-7-14(12)16/h2-9,11-12,17H,10H2,1H3/t12-,17+/m1/s1. The summed E-state index contributed by atoms with van der Waals surface area (Å²) >= 11 is 0. The molecular formula is C18H16O2. The Labute approximate surface area is 118 Å². The van der Waals surface area contributed by atoms with Crippen LogP contribution in [-0.4, -0.2) is 12.1 Å². The number of rotatable bonds is 2. The van der Waals surface area contributed by atoms with E-state index in [4.69, 9.17) is 0 Å². The maximum absolute atomic E-state index is 12.7. The number of benzene rings is 2. The molecule has 100 valence electrons. The highest BCUT2D eigenvalue weighted by Crippen LogP contribution is 2.40. The number of fused-ring (bicyclic) bond motifs is 1. The zero-order valence-electron chi connectivity index (χ0n) is 11.4. The Morgan fingerprint density at radius 2 is 1.65 bits per heavy atom. The van der Waals surface area contributed by atoms with E-state index in [9.17, 15) is 9.59 Å². The average molecular weight is 264 g/mol. The monoisotopic (exact) mass is 264 g/mol. The maximum atomic E-state index is 12.7. The van der Waals surface area contributed by atoms with Gasteiger partial charge in [0.2, 0.25) is 0 Å². The van der Waals surface area contributed by atoms with Gasteiger partial charge in [0.1, 0.15) is 6.29 Å². The van der Waals surface area contributed by atoms with E-state index in [-0.39, 0.29) is 11.7 Å². The summed E-state index contributed by atoms with van der Waals surface area (Å²) in [5.41, 5.74) is 3.40. The van der Waals surface area contributed by atoms with Crippen LogP contribution in [0, 0.1) is 0 Å². The third-order valence-electron chi connectivity index (χ3n) is 4.16. The van der Waals surface area contributed by atoms with Gasteiger partial charge >= 0.3 is 0 Å². The van der Waals surface area contributed by atoms with Crippen LogP contribution in [0.3, 0.4) is 0 Å². The molecular weight excluding hydrogens is 248 g/mol. The van der Waals surface area contributed by atoms with E-state index < -0.39 is 0 Å². The van der Waals surface area contributed by atoms with Crippen molar-refractivity contribution in [3.63, 3.8) is 0 Å². The lowest BCUT2D eigenvalue weighted by Gasteiger charge is -2.29. The quantitative estimate of drug-likeness (QED) is 0.769. The lowest BCUT2D eigenvalue weighted by Crippen LogP contribution is -2.23. The second-order valence-electron chi connectivity index (χ2n) is 5.39. The molecule has 2 atom stereocenters. The van der Waals surface area contributed by atoms with E-state index in [1.54, 1.807) is 6.07 Å². The minimum absolute atomic E-state index is 0.132. The summed E-state index contributed by atoms with van der Waals surface area (Å²) in [5, 5.41) is 0. The van der Waals surface area contributed by atoms with Gasteiger partial charge < -0.3 is 0 Å². The molecule has 0 spiro atoms. The van der Waals surface area contributed by atoms with Crippen LogP contribution in [0.15, 0.2) is 48.5 Å². The van der Waals surface area contributed by atoms with Crippen molar-refractivity contribution in [3.8, 4) is 0 Å². The summed E-state index contributed by atoms with van der Waals surface area (Å²) in [6.45, 7) is 2.14. The van der Waals surface area contributed by atoms with Crippen LogP contribution in [0.2, 0.25) is 0 Å². The van der Waals surface area contributed by atoms with Gasteiger partial charge in [0.05, 0.1) is 0 Å². The fourth-order valence-corrected chi connectivity index (χ4v) is 3.13. The van der Waals surface area contributed by atoms with Gasteiger partial charge in [-0.15, -0.1) is 0 Å². The van der Waals surface area contributed by atoms with Crippen molar-refractivity contribution in [2.24, 2.45) is 0 Å². The first-order valence-electron chi connectivity index (χ1n) is 6.89. The van der Waals surface area contributed by atoms with Crippen LogP contribution in [0.25, 0.3) is 0 Å². The van der Waals surface area contributed by atoms with Crippen molar-refractivity contribution < 1.29 is 9.59 Å². The predicted molar refractivity (Wildman–Crippen MR) is 78.4 cm³/mol. The van der Waals surface area contributed by atoms with Crippen LogP contribution >= 0.6 is 0 Å². The van der Waals surface area contributed by atoms with Gasteiger partial charge in [0, 0.05) is 17.0 Å². The molecule has 0 N–H and O–H groups in total. The van der Waals surface area contributed by atoms with Crippen molar-refractivity contribution in [1.29, 1.82) is 0 Å². The lowest BCUT2D eigenvalue weighted by molar-refractivity contribution is 0.0940. The number of hydrogen-bond acceptors (Lipinski definition) is 2. The number of hydrogen-bond donors (Lipinski definition) is 0. The van der Waals surface area contributed by atoms with Crippen LogP contribution in [0.1, 0.15) is 57.0 Å². The molecule has 3 rings (SSSR count). The molecule has 0 fully saturated rings. The molecule has 1 aliphatic rings.